The number of nitrogens with two attached hydrogens (primary N) is 1. The van der Waals surface area contributed by atoms with Crippen LogP contribution in [0.4, 0.5) is 0 Å². The first-order valence-corrected chi connectivity index (χ1v) is 9.48. The van der Waals surface area contributed by atoms with Gasteiger partial charge in [-0.1, -0.05) is 10.6 Å². The molecule has 3 heterocycles. The maximum Gasteiger partial charge on any atom is 0.319 e. The van der Waals surface area contributed by atoms with Gasteiger partial charge in [0.15, 0.2) is 0 Å². The lowest BCUT2D eigenvalue weighted by Crippen LogP contribution is -2.72. The smallest absolute Gasteiger partial charge is 0.319 e. The van der Waals surface area contributed by atoms with E-state index in [1.165, 1.54) is 23.3 Å². The minimum atomic E-state index is -0.909. The molecule has 7 nitrogen and oxygen atoms in total. The summed E-state index contributed by atoms with van der Waals surface area (Å²) in [7, 11) is 0. The lowest BCUT2D eigenvalue weighted by Gasteiger charge is -2.52. The Bertz CT molecular complexity index is 671. The molecule has 1 amide bonds. The van der Waals surface area contributed by atoms with E-state index < -0.39 is 17.1 Å². The fourth-order valence-electron chi connectivity index (χ4n) is 2.66. The molecule has 0 aliphatic carbocycles. The number of thioether (sulfide) groups is 1. The van der Waals surface area contributed by atoms with Crippen molar-refractivity contribution in [3.05, 3.63) is 17.2 Å². The first kappa shape index (κ1) is 17.4. The van der Waals surface area contributed by atoms with Gasteiger partial charge in [0.05, 0.1) is 5.69 Å². The average Bonchev–Trinajstić information content (AvgIpc) is 3.03. The van der Waals surface area contributed by atoms with Gasteiger partial charge >= 0.3 is 5.97 Å². The predicted octanol–water partition coefficient (Wildman–Crippen LogP) is 1.12. The van der Waals surface area contributed by atoms with Crippen molar-refractivity contribution in [3.63, 3.8) is 0 Å². The zero-order valence-electron chi connectivity index (χ0n) is 13.8. The van der Waals surface area contributed by atoms with E-state index in [1.54, 1.807) is 22.4 Å². The molecule has 0 aromatic carbocycles. The Labute approximate surface area is 148 Å². The monoisotopic (exact) mass is 368 g/mol. The largest absolute Gasteiger partial charge is 0.459 e. The van der Waals surface area contributed by atoms with E-state index in [0.717, 1.165) is 0 Å². The minimum absolute atomic E-state index is 0.0533. The van der Waals surface area contributed by atoms with Gasteiger partial charge in [0.25, 0.3) is 0 Å². The van der Waals surface area contributed by atoms with Crippen LogP contribution in [0.15, 0.2) is 11.5 Å². The standard InChI is InChI=1S/C15H20N4O3S2/c1-14(2,3)22-13(21)15(5-4-9-6-24-18-17-9)7-19-11(20)10(16)12(19)23-8-15/h4-6,10,12H,7-8,16H2,1-3H3/t10?,12-,15?/m1/s1. The summed E-state index contributed by atoms with van der Waals surface area (Å²) in [5.41, 5.74) is 5.00. The van der Waals surface area contributed by atoms with Crippen LogP contribution in [0, 0.1) is 5.41 Å². The van der Waals surface area contributed by atoms with E-state index >= 15 is 0 Å². The summed E-state index contributed by atoms with van der Waals surface area (Å²) in [5, 5.41) is 5.70. The number of esters is 1. The van der Waals surface area contributed by atoms with Gasteiger partial charge < -0.3 is 15.4 Å². The number of amides is 1. The maximum atomic E-state index is 12.9. The molecule has 1 aromatic heterocycles. The van der Waals surface area contributed by atoms with Crippen molar-refractivity contribution in [2.75, 3.05) is 12.3 Å². The third-order valence-electron chi connectivity index (χ3n) is 3.90. The molecule has 2 aliphatic heterocycles. The lowest BCUT2D eigenvalue weighted by atomic mass is 9.86. The molecule has 1 aromatic rings. The van der Waals surface area contributed by atoms with E-state index in [-0.39, 0.29) is 23.8 Å². The van der Waals surface area contributed by atoms with Crippen LogP contribution < -0.4 is 5.73 Å². The van der Waals surface area contributed by atoms with Crippen molar-refractivity contribution < 1.29 is 14.3 Å². The van der Waals surface area contributed by atoms with Gasteiger partial charge in [0.2, 0.25) is 5.91 Å². The number of β-lactam (4-membered cyclic amide) rings is 1. The second-order valence-corrected chi connectivity index (χ2v) is 8.73. The van der Waals surface area contributed by atoms with Gasteiger partial charge in [-0.3, -0.25) is 9.59 Å². The number of fused-ring (bicyclic) bond motifs is 1. The second kappa shape index (κ2) is 6.12. The van der Waals surface area contributed by atoms with E-state index in [0.29, 0.717) is 11.4 Å². The number of rotatable bonds is 3. The third-order valence-corrected chi connectivity index (χ3v) is 6.00. The number of hydrogen-bond acceptors (Lipinski definition) is 8. The molecule has 130 valence electrons. The van der Waals surface area contributed by atoms with Crippen molar-refractivity contribution in [1.29, 1.82) is 0 Å². The van der Waals surface area contributed by atoms with Crippen molar-refractivity contribution in [3.8, 4) is 0 Å². The fraction of sp³-hybridized carbons (Fsp3) is 0.600. The zero-order chi connectivity index (χ0) is 17.5. The molecule has 9 heteroatoms. The molecule has 0 saturated carbocycles. The molecule has 2 N–H and O–H groups in total. The van der Waals surface area contributed by atoms with Crippen LogP contribution in [0.5, 0.6) is 0 Å². The Kier molecular flexibility index (Phi) is 4.43. The Morgan fingerprint density at radius 2 is 2.29 bits per heavy atom. The number of nitrogens with zero attached hydrogens (tertiary/aromatic N) is 3. The molecular weight excluding hydrogens is 348 g/mol. The number of ether oxygens (including phenoxy) is 1. The van der Waals surface area contributed by atoms with Crippen LogP contribution in [0.25, 0.3) is 6.08 Å². The molecule has 2 aliphatic rings. The van der Waals surface area contributed by atoms with Crippen molar-refractivity contribution >= 4 is 41.2 Å². The van der Waals surface area contributed by atoms with Gasteiger partial charge in [0, 0.05) is 17.7 Å². The first-order valence-electron chi connectivity index (χ1n) is 7.59. The molecule has 3 atom stereocenters. The Balaban J connectivity index is 1.87. The predicted molar refractivity (Wildman–Crippen MR) is 93.2 cm³/mol. The van der Waals surface area contributed by atoms with Crippen LogP contribution in [0.2, 0.25) is 0 Å². The second-order valence-electron chi connectivity index (χ2n) is 7.01. The van der Waals surface area contributed by atoms with Crippen molar-refractivity contribution in [2.24, 2.45) is 11.1 Å². The number of hydrogen-bond donors (Lipinski definition) is 1. The van der Waals surface area contributed by atoms with Gasteiger partial charge in [0.1, 0.15) is 22.4 Å². The van der Waals surface area contributed by atoms with Gasteiger partial charge in [-0.15, -0.1) is 16.9 Å². The van der Waals surface area contributed by atoms with Gasteiger partial charge in [-0.25, -0.2) is 0 Å². The molecule has 0 radical (unpaired) electrons. The van der Waals surface area contributed by atoms with Crippen LogP contribution in [0.1, 0.15) is 26.5 Å². The van der Waals surface area contributed by atoms with Crippen molar-refractivity contribution in [2.45, 2.75) is 37.8 Å². The summed E-state index contributed by atoms with van der Waals surface area (Å²) in [4.78, 5) is 26.5. The van der Waals surface area contributed by atoms with Gasteiger partial charge in [-0.05, 0) is 38.4 Å². The molecule has 3 rings (SSSR count). The van der Waals surface area contributed by atoms with Gasteiger partial charge in [-0.2, -0.15) is 0 Å². The van der Waals surface area contributed by atoms with E-state index in [4.69, 9.17) is 10.5 Å². The molecular formula is C15H20N4O3S2. The summed E-state index contributed by atoms with van der Waals surface area (Å²) >= 11 is 2.76. The zero-order valence-corrected chi connectivity index (χ0v) is 15.4. The highest BCUT2D eigenvalue weighted by atomic mass is 32.2. The third kappa shape index (κ3) is 3.20. The summed E-state index contributed by atoms with van der Waals surface area (Å²) < 4.78 is 9.43. The van der Waals surface area contributed by atoms with Crippen LogP contribution in [-0.4, -0.2) is 55.7 Å². The Morgan fingerprint density at radius 3 is 2.92 bits per heavy atom. The van der Waals surface area contributed by atoms with E-state index in [9.17, 15) is 9.59 Å². The number of carbonyl (C=O) groups excluding carboxylic acids is 2. The van der Waals surface area contributed by atoms with Crippen molar-refractivity contribution in [1.82, 2.24) is 14.5 Å². The maximum absolute atomic E-state index is 12.9. The molecule has 0 bridgehead atoms. The number of aromatic nitrogens is 2. The molecule has 0 spiro atoms. The normalized spacial score (nSPS) is 30.2. The van der Waals surface area contributed by atoms with E-state index in [1.807, 2.05) is 20.8 Å². The molecule has 2 saturated heterocycles. The summed E-state index contributed by atoms with van der Waals surface area (Å²) in [5.74, 6) is 0.0514. The lowest BCUT2D eigenvalue weighted by molar-refractivity contribution is -0.167. The van der Waals surface area contributed by atoms with E-state index in [2.05, 4.69) is 9.59 Å². The highest BCUT2D eigenvalue weighted by Gasteiger charge is 2.55. The average molecular weight is 368 g/mol. The summed E-state index contributed by atoms with van der Waals surface area (Å²) in [6.45, 7) is 5.77. The summed E-state index contributed by atoms with van der Waals surface area (Å²) in [6.07, 6.45) is 3.55. The minimum Gasteiger partial charge on any atom is -0.459 e. The van der Waals surface area contributed by atoms with Crippen LogP contribution >= 0.6 is 23.3 Å². The Hall–Kier alpha value is -1.45. The highest BCUT2D eigenvalue weighted by molar-refractivity contribution is 8.00. The molecule has 2 unspecified atom stereocenters. The molecule has 24 heavy (non-hydrogen) atoms. The Morgan fingerprint density at radius 1 is 1.54 bits per heavy atom. The number of carbonyl (C=O) groups is 2. The fourth-order valence-corrected chi connectivity index (χ4v) is 4.54. The van der Waals surface area contributed by atoms with Crippen LogP contribution in [-0.2, 0) is 14.3 Å². The topological polar surface area (TPSA) is 98.4 Å². The first-order chi connectivity index (χ1) is 11.2. The quantitative estimate of drug-likeness (QED) is 0.630. The highest BCUT2D eigenvalue weighted by Crippen LogP contribution is 2.43. The summed E-state index contributed by atoms with van der Waals surface area (Å²) in [6, 6.07) is -0.474. The molecule has 2 fully saturated rings. The SMILES string of the molecule is CC(C)(C)OC(=O)C1(C=Cc2csnn2)CS[C@@H]2C(N)C(=O)N2C1. The van der Waals surface area contributed by atoms with Crippen LogP contribution in [0.3, 0.4) is 0 Å².